The van der Waals surface area contributed by atoms with Gasteiger partial charge in [0.15, 0.2) is 18.1 Å². The molecule has 1 atom stereocenters. The quantitative estimate of drug-likeness (QED) is 0.512. The van der Waals surface area contributed by atoms with Crippen molar-refractivity contribution in [2.24, 2.45) is 5.92 Å². The summed E-state index contributed by atoms with van der Waals surface area (Å²) in [5.41, 5.74) is 0.447. The van der Waals surface area contributed by atoms with E-state index in [2.05, 4.69) is 5.32 Å². The first-order chi connectivity index (χ1) is 11.9. The largest absolute Gasteiger partial charge is 0.490 e. The number of hydrogen-bond acceptors (Lipinski definition) is 6. The molecule has 25 heavy (non-hydrogen) atoms. The van der Waals surface area contributed by atoms with Crippen molar-refractivity contribution in [1.82, 2.24) is 5.32 Å². The second-order valence-corrected chi connectivity index (χ2v) is 5.82. The molecule has 0 aliphatic rings. The number of methoxy groups -OCH3 is 1. The number of nitrogens with one attached hydrogen (secondary N) is 1. The van der Waals surface area contributed by atoms with E-state index >= 15 is 0 Å². The fourth-order valence-electron chi connectivity index (χ4n) is 2.19. The summed E-state index contributed by atoms with van der Waals surface area (Å²) in [4.78, 5) is 34.7. The third kappa shape index (κ3) is 6.82. The number of amides is 1. The Morgan fingerprint density at radius 2 is 1.92 bits per heavy atom. The summed E-state index contributed by atoms with van der Waals surface area (Å²) in [6.07, 6.45) is 1.17. The van der Waals surface area contributed by atoms with Crippen molar-refractivity contribution >= 4 is 18.2 Å². The highest BCUT2D eigenvalue weighted by Gasteiger charge is 2.22. The van der Waals surface area contributed by atoms with Crippen LogP contribution in [-0.4, -0.2) is 44.5 Å². The van der Waals surface area contributed by atoms with Gasteiger partial charge < -0.3 is 19.5 Å². The van der Waals surface area contributed by atoms with Crippen LogP contribution in [0.3, 0.4) is 0 Å². The van der Waals surface area contributed by atoms with Crippen molar-refractivity contribution in [2.45, 2.75) is 33.2 Å². The molecule has 0 fully saturated rings. The molecule has 0 heterocycles. The van der Waals surface area contributed by atoms with Gasteiger partial charge in [-0.3, -0.25) is 9.59 Å². The van der Waals surface area contributed by atoms with Crippen LogP contribution in [0.4, 0.5) is 0 Å². The summed E-state index contributed by atoms with van der Waals surface area (Å²) in [6.45, 7) is 5.80. The lowest BCUT2D eigenvalue weighted by atomic mass is 10.0. The highest BCUT2D eigenvalue weighted by molar-refractivity contribution is 5.85. The highest BCUT2D eigenvalue weighted by atomic mass is 16.5. The Hall–Kier alpha value is -2.57. The number of ether oxygens (including phenoxy) is 3. The van der Waals surface area contributed by atoms with Gasteiger partial charge in [0.25, 0.3) is 5.91 Å². The summed E-state index contributed by atoms with van der Waals surface area (Å²) < 4.78 is 15.6. The zero-order valence-corrected chi connectivity index (χ0v) is 15.0. The molecule has 0 bridgehead atoms. The van der Waals surface area contributed by atoms with Crippen molar-refractivity contribution in [3.05, 3.63) is 23.8 Å². The van der Waals surface area contributed by atoms with Crippen molar-refractivity contribution in [2.75, 3.05) is 20.3 Å². The number of benzene rings is 1. The van der Waals surface area contributed by atoms with E-state index in [9.17, 15) is 14.4 Å². The van der Waals surface area contributed by atoms with E-state index in [-0.39, 0.29) is 12.5 Å². The minimum absolute atomic E-state index is 0.214. The lowest BCUT2D eigenvalue weighted by Gasteiger charge is -2.18. The molecule has 0 unspecified atom stereocenters. The molecule has 0 aliphatic carbocycles. The standard InChI is InChI=1S/C18H25NO6/c1-5-24-16-9-13(10-20)6-7-15(16)25-11-17(21)19-14(8-12(2)3)18(22)23-4/h6-7,9-10,12,14H,5,8,11H2,1-4H3,(H,19,21)/t14-/m0/s1. The van der Waals surface area contributed by atoms with Crippen LogP contribution in [0.5, 0.6) is 11.5 Å². The topological polar surface area (TPSA) is 90.9 Å². The van der Waals surface area contributed by atoms with E-state index < -0.39 is 17.9 Å². The third-order valence-corrected chi connectivity index (χ3v) is 3.29. The molecule has 0 aliphatic heterocycles. The van der Waals surface area contributed by atoms with Crippen molar-refractivity contribution in [3.63, 3.8) is 0 Å². The summed E-state index contributed by atoms with van der Waals surface area (Å²) in [7, 11) is 1.28. The van der Waals surface area contributed by atoms with Crippen LogP contribution in [0.2, 0.25) is 0 Å². The molecule has 1 amide bonds. The zero-order valence-electron chi connectivity index (χ0n) is 15.0. The first-order valence-corrected chi connectivity index (χ1v) is 8.13. The van der Waals surface area contributed by atoms with Gasteiger partial charge in [-0.1, -0.05) is 13.8 Å². The average molecular weight is 351 g/mol. The lowest BCUT2D eigenvalue weighted by molar-refractivity contribution is -0.145. The number of aldehydes is 1. The number of rotatable bonds is 10. The van der Waals surface area contributed by atoms with Crippen molar-refractivity contribution in [1.29, 1.82) is 0 Å². The number of hydrogen-bond donors (Lipinski definition) is 1. The predicted octanol–water partition coefficient (Wildman–Crippen LogP) is 1.98. The third-order valence-electron chi connectivity index (χ3n) is 3.29. The Kier molecular flexibility index (Phi) is 8.46. The maximum Gasteiger partial charge on any atom is 0.328 e. The Morgan fingerprint density at radius 3 is 2.48 bits per heavy atom. The minimum Gasteiger partial charge on any atom is -0.490 e. The normalized spacial score (nSPS) is 11.6. The van der Waals surface area contributed by atoms with E-state index in [1.807, 2.05) is 13.8 Å². The van der Waals surface area contributed by atoms with E-state index in [0.717, 1.165) is 0 Å². The summed E-state index contributed by atoms with van der Waals surface area (Å²) in [6, 6.07) is 3.96. The molecule has 1 aromatic rings. The monoisotopic (exact) mass is 351 g/mol. The van der Waals surface area contributed by atoms with Crippen LogP contribution in [0.15, 0.2) is 18.2 Å². The Labute approximate surface area is 147 Å². The molecule has 7 nitrogen and oxygen atoms in total. The lowest BCUT2D eigenvalue weighted by Crippen LogP contribution is -2.44. The Bertz CT molecular complexity index is 599. The molecule has 0 radical (unpaired) electrons. The summed E-state index contributed by atoms with van der Waals surface area (Å²) in [5, 5.41) is 2.61. The average Bonchev–Trinajstić information content (AvgIpc) is 2.59. The first kappa shape index (κ1) is 20.5. The van der Waals surface area contributed by atoms with Gasteiger partial charge in [-0.2, -0.15) is 0 Å². The second kappa shape index (κ2) is 10.3. The van der Waals surface area contributed by atoms with Crippen LogP contribution in [0.1, 0.15) is 37.6 Å². The number of carbonyl (C=O) groups is 3. The molecule has 1 aromatic carbocycles. The SMILES string of the molecule is CCOc1cc(C=O)ccc1OCC(=O)N[C@@H](CC(C)C)C(=O)OC. The smallest absolute Gasteiger partial charge is 0.328 e. The molecule has 1 N–H and O–H groups in total. The maximum absolute atomic E-state index is 12.1. The van der Waals surface area contributed by atoms with Gasteiger partial charge in [0.05, 0.1) is 13.7 Å². The van der Waals surface area contributed by atoms with Gasteiger partial charge in [-0.05, 0) is 37.5 Å². The van der Waals surface area contributed by atoms with E-state index in [1.165, 1.54) is 7.11 Å². The number of carbonyl (C=O) groups excluding carboxylic acids is 3. The molecular weight excluding hydrogens is 326 g/mol. The van der Waals surface area contributed by atoms with E-state index in [0.29, 0.717) is 36.4 Å². The van der Waals surface area contributed by atoms with Gasteiger partial charge in [0.1, 0.15) is 12.3 Å². The molecule has 0 aromatic heterocycles. The molecule has 7 heteroatoms. The van der Waals surface area contributed by atoms with Gasteiger partial charge in [0, 0.05) is 5.56 Å². The molecule has 0 saturated carbocycles. The Balaban J connectivity index is 2.71. The van der Waals surface area contributed by atoms with Crippen molar-refractivity contribution in [3.8, 4) is 11.5 Å². The number of esters is 1. The van der Waals surface area contributed by atoms with Crippen molar-refractivity contribution < 1.29 is 28.6 Å². The van der Waals surface area contributed by atoms with Crippen LogP contribution in [0, 0.1) is 5.92 Å². The summed E-state index contributed by atoms with van der Waals surface area (Å²) >= 11 is 0. The fourth-order valence-corrected chi connectivity index (χ4v) is 2.19. The molecule has 0 saturated heterocycles. The van der Waals surface area contributed by atoms with Crippen LogP contribution in [-0.2, 0) is 14.3 Å². The molecule has 0 spiro atoms. The summed E-state index contributed by atoms with van der Waals surface area (Å²) in [5.74, 6) is 0.00351. The minimum atomic E-state index is -0.718. The predicted molar refractivity (Wildman–Crippen MR) is 91.9 cm³/mol. The van der Waals surface area contributed by atoms with Gasteiger partial charge in [0.2, 0.25) is 0 Å². The maximum atomic E-state index is 12.1. The van der Waals surface area contributed by atoms with Crippen LogP contribution in [0.25, 0.3) is 0 Å². The molecule has 138 valence electrons. The van der Waals surface area contributed by atoms with Crippen LogP contribution < -0.4 is 14.8 Å². The highest BCUT2D eigenvalue weighted by Crippen LogP contribution is 2.28. The molecule has 1 rings (SSSR count). The Morgan fingerprint density at radius 1 is 1.20 bits per heavy atom. The first-order valence-electron chi connectivity index (χ1n) is 8.13. The zero-order chi connectivity index (χ0) is 18.8. The fraction of sp³-hybridized carbons (Fsp3) is 0.500. The van der Waals surface area contributed by atoms with E-state index in [1.54, 1.807) is 25.1 Å². The van der Waals surface area contributed by atoms with Crippen LogP contribution >= 0.6 is 0 Å². The second-order valence-electron chi connectivity index (χ2n) is 5.82. The van der Waals surface area contributed by atoms with E-state index in [4.69, 9.17) is 14.2 Å². The van der Waals surface area contributed by atoms with Gasteiger partial charge in [-0.25, -0.2) is 4.79 Å². The van der Waals surface area contributed by atoms with Gasteiger partial charge >= 0.3 is 5.97 Å². The molecular formula is C18H25NO6. The van der Waals surface area contributed by atoms with Gasteiger partial charge in [-0.15, -0.1) is 0 Å².